The quantitative estimate of drug-likeness (QED) is 0.353. The van der Waals surface area contributed by atoms with Gasteiger partial charge >= 0.3 is 0 Å². The van der Waals surface area contributed by atoms with Crippen LogP contribution in [0.15, 0.2) is 18.1 Å². The predicted molar refractivity (Wildman–Crippen MR) is 115 cm³/mol. The Morgan fingerprint density at radius 2 is 0.800 bits per heavy atom. The maximum absolute atomic E-state index is 6.38. The third-order valence-corrected chi connectivity index (χ3v) is 32.0. The van der Waals surface area contributed by atoms with E-state index in [-0.39, 0.29) is 0 Å². The van der Waals surface area contributed by atoms with E-state index in [1.807, 2.05) is 25.0 Å². The first-order valence-corrected chi connectivity index (χ1v) is 22.4. The molecule has 120 valence electrons. The molecule has 0 amide bonds. The summed E-state index contributed by atoms with van der Waals surface area (Å²) in [4.78, 5) is 0. The van der Waals surface area contributed by atoms with E-state index in [0.29, 0.717) is 0 Å². The second-order valence-corrected chi connectivity index (χ2v) is 29.7. The Morgan fingerprint density at radius 3 is 1.00 bits per heavy atom. The molecule has 0 fully saturated rings. The third-order valence-electron chi connectivity index (χ3n) is 1.83. The zero-order valence-electron chi connectivity index (χ0n) is 10.7. The van der Waals surface area contributed by atoms with E-state index >= 15 is 0 Å². The zero-order chi connectivity index (χ0) is 15.7. The summed E-state index contributed by atoms with van der Waals surface area (Å²) in [5.74, 6) is -5.70. The molecule has 0 bridgehead atoms. The summed E-state index contributed by atoms with van der Waals surface area (Å²) in [6, 6.07) is 0. The number of nitrogens with zero attached hydrogens (tertiary/aromatic N) is 4. The minimum atomic E-state index is -2.85. The van der Waals surface area contributed by atoms with Gasteiger partial charge in [0.1, 0.15) is 0 Å². The molecule has 0 N–H and O–H groups in total. The molecule has 1 aliphatic heterocycles. The highest BCUT2D eigenvalue weighted by molar-refractivity contribution is 8.92. The van der Waals surface area contributed by atoms with Crippen LogP contribution in [-0.4, -0.2) is 25.0 Å². The largest absolute Gasteiger partial charge is 0.256 e. The summed E-state index contributed by atoms with van der Waals surface area (Å²) >= 11 is 31.4. The van der Waals surface area contributed by atoms with Gasteiger partial charge in [-0.25, -0.2) is 0 Å². The Labute approximate surface area is 155 Å². The van der Waals surface area contributed by atoms with E-state index in [1.54, 1.807) is 0 Å². The molecule has 0 atom stereocenters. The van der Waals surface area contributed by atoms with Crippen LogP contribution in [0.4, 0.5) is 0 Å². The van der Waals surface area contributed by atoms with Crippen molar-refractivity contribution in [1.82, 2.24) is 0 Å². The van der Waals surface area contributed by atoms with Crippen molar-refractivity contribution in [2.75, 3.05) is 25.0 Å². The normalized spacial score (nSPS) is 26.0. The minimum Gasteiger partial charge on any atom is -0.193 e. The van der Waals surface area contributed by atoms with Gasteiger partial charge in [-0.2, -0.15) is 18.1 Å². The van der Waals surface area contributed by atoms with E-state index in [1.165, 1.54) is 45.5 Å². The molecule has 20 heavy (non-hydrogen) atoms. The van der Waals surface area contributed by atoms with Crippen molar-refractivity contribution in [3.05, 3.63) is 0 Å². The molecule has 0 radical (unpaired) electrons. The average Bonchev–Trinajstić information content (AvgIpc) is 2.34. The van der Waals surface area contributed by atoms with Gasteiger partial charge in [0.25, 0.3) is 11.8 Å². The third kappa shape index (κ3) is 5.78. The lowest BCUT2D eigenvalue weighted by atomic mass is 12.0. The minimum absolute atomic E-state index is 1.47. The molecule has 0 unspecified atom stereocenters. The molecule has 1 rings (SSSR count). The Morgan fingerprint density at radius 1 is 0.550 bits per heavy atom. The molecule has 1 aliphatic rings. The molecular weight excluding hydrogens is 498 g/mol. The molecule has 1 heterocycles. The van der Waals surface area contributed by atoms with Crippen molar-refractivity contribution in [1.29, 1.82) is 0 Å². The first-order valence-electron chi connectivity index (χ1n) is 4.64. The molecule has 0 aromatic rings. The van der Waals surface area contributed by atoms with Crippen LogP contribution in [0.5, 0.6) is 0 Å². The van der Waals surface area contributed by atoms with Crippen LogP contribution in [0.2, 0.25) is 0 Å². The fourth-order valence-corrected chi connectivity index (χ4v) is 39.2. The van der Waals surface area contributed by atoms with Crippen LogP contribution < -0.4 is 0 Å². The van der Waals surface area contributed by atoms with Gasteiger partial charge < -0.3 is 0 Å². The molecule has 0 spiro atoms. The van der Waals surface area contributed by atoms with Gasteiger partial charge in [-0.1, -0.05) is 45.5 Å². The van der Waals surface area contributed by atoms with Gasteiger partial charge in [0.2, 0.25) is 0 Å². The molecule has 0 aromatic carbocycles. The van der Waals surface area contributed by atoms with Crippen LogP contribution in [-0.2, 0) is 0 Å². The van der Waals surface area contributed by atoms with E-state index < -0.39 is 23.0 Å². The highest BCUT2D eigenvalue weighted by atomic mass is 35.9. The van der Waals surface area contributed by atoms with Crippen molar-refractivity contribution in [3.63, 3.8) is 0 Å². The number of hydrogen-bond acceptors (Lipinski definition) is 8. The number of hydrogen-bond donors (Lipinski definition) is 0. The topological polar surface area (TPSA) is 49.4 Å². The maximum Gasteiger partial charge on any atom is 0.256 e. The van der Waals surface area contributed by atoms with Crippen LogP contribution in [0.3, 0.4) is 0 Å². The average molecular weight is 510 g/mol. The SMILES string of the molecule is CSP1(SC)=NP(Cl)(Cl)=NP(SC)(SC)=NP(Cl)(Cl)=N1. The second-order valence-electron chi connectivity index (χ2n) is 2.98. The molecule has 16 heteroatoms. The van der Waals surface area contributed by atoms with Crippen LogP contribution in [0.25, 0.3) is 0 Å². The van der Waals surface area contributed by atoms with Crippen molar-refractivity contribution in [2.45, 2.75) is 0 Å². The van der Waals surface area contributed by atoms with E-state index in [9.17, 15) is 0 Å². The number of halogens is 4. The Bertz CT molecular complexity index is 527. The standard InChI is InChI=1S/C4H12Cl4N4P4S4/c1-17-15(18-2)9-13(5,6)11-16(19-3,20-4)12-14(7,8)10-15/h1-4H3. The van der Waals surface area contributed by atoms with E-state index in [0.717, 1.165) is 0 Å². The summed E-state index contributed by atoms with van der Waals surface area (Å²) in [6.07, 6.45) is 7.58. The van der Waals surface area contributed by atoms with Crippen molar-refractivity contribution in [3.8, 4) is 0 Å². The van der Waals surface area contributed by atoms with Gasteiger partial charge in [0.15, 0.2) is 11.2 Å². The van der Waals surface area contributed by atoms with Crippen LogP contribution >= 0.6 is 114 Å². The smallest absolute Gasteiger partial charge is 0.193 e. The summed E-state index contributed by atoms with van der Waals surface area (Å²) in [5, 5.41) is 0. The summed E-state index contributed by atoms with van der Waals surface area (Å²) < 4.78 is 18.3. The number of rotatable bonds is 4. The van der Waals surface area contributed by atoms with Gasteiger partial charge in [0, 0.05) is 0 Å². The van der Waals surface area contributed by atoms with Crippen molar-refractivity contribution >= 4 is 114 Å². The van der Waals surface area contributed by atoms with Gasteiger partial charge in [-0.15, -0.1) is 0 Å². The Balaban J connectivity index is 3.79. The Kier molecular flexibility index (Phi) is 8.87. The highest BCUT2D eigenvalue weighted by Crippen LogP contribution is 2.92. The summed E-state index contributed by atoms with van der Waals surface area (Å²) in [5.41, 5.74) is -4.56. The lowest BCUT2D eigenvalue weighted by Gasteiger charge is -2.25. The summed E-state index contributed by atoms with van der Waals surface area (Å²) in [7, 11) is 0. The molecule has 4 nitrogen and oxygen atoms in total. The Hall–Kier alpha value is 3.48. The lowest BCUT2D eigenvalue weighted by Crippen LogP contribution is -1.71. The van der Waals surface area contributed by atoms with Gasteiger partial charge in [-0.05, 0) is 70.0 Å². The van der Waals surface area contributed by atoms with Crippen molar-refractivity contribution in [2.24, 2.45) is 18.1 Å². The van der Waals surface area contributed by atoms with Gasteiger partial charge in [-0.3, -0.25) is 0 Å². The van der Waals surface area contributed by atoms with E-state index in [4.69, 9.17) is 45.0 Å². The fraction of sp³-hybridized carbons (Fsp3) is 1.00. The highest BCUT2D eigenvalue weighted by Gasteiger charge is 2.33. The molecule has 0 aromatic heterocycles. The molecule has 0 saturated heterocycles. The fourth-order valence-electron chi connectivity index (χ4n) is 1.06. The zero-order valence-corrected chi connectivity index (χ0v) is 20.6. The maximum atomic E-state index is 6.38. The second kappa shape index (κ2) is 8.24. The predicted octanol–water partition coefficient (Wildman–Crippen LogP) is 10.2. The monoisotopic (exact) mass is 508 g/mol. The lowest BCUT2D eigenvalue weighted by molar-refractivity contribution is 1.80. The van der Waals surface area contributed by atoms with Crippen LogP contribution in [0, 0.1) is 0 Å². The summed E-state index contributed by atoms with van der Waals surface area (Å²) in [6.45, 7) is 0. The van der Waals surface area contributed by atoms with Gasteiger partial charge in [0.05, 0.1) is 0 Å². The first-order chi connectivity index (χ1) is 9.07. The molecular formula is C4H12Cl4N4P4S4. The first kappa shape index (κ1) is 21.5. The van der Waals surface area contributed by atoms with E-state index in [2.05, 4.69) is 18.1 Å². The molecule has 0 saturated carbocycles. The molecule has 0 aliphatic carbocycles. The van der Waals surface area contributed by atoms with Crippen LogP contribution in [0.1, 0.15) is 0 Å². The van der Waals surface area contributed by atoms with Crippen molar-refractivity contribution < 1.29 is 0 Å².